The van der Waals surface area contributed by atoms with Gasteiger partial charge in [0.25, 0.3) is 0 Å². The number of rotatable bonds is 4. The molecule has 158 valence electrons. The number of fused-ring (bicyclic) bond motifs is 1. The van der Waals surface area contributed by atoms with Crippen molar-refractivity contribution in [2.75, 3.05) is 0 Å². The number of esters is 2. The molecule has 2 rings (SSSR count). The summed E-state index contributed by atoms with van der Waals surface area (Å²) in [5, 5.41) is 11.2. The summed E-state index contributed by atoms with van der Waals surface area (Å²) in [7, 11) is 0. The monoisotopic (exact) mass is 404 g/mol. The molecule has 0 amide bonds. The van der Waals surface area contributed by atoms with Crippen molar-refractivity contribution in [3.05, 3.63) is 36.5 Å². The molecule has 1 N–H and O–H groups in total. The van der Waals surface area contributed by atoms with Crippen LogP contribution < -0.4 is 0 Å². The van der Waals surface area contributed by atoms with Gasteiger partial charge < -0.3 is 14.6 Å². The third-order valence-corrected chi connectivity index (χ3v) is 5.66. The van der Waals surface area contributed by atoms with Crippen molar-refractivity contribution in [2.45, 2.75) is 58.3 Å². The predicted molar refractivity (Wildman–Crippen MR) is 105 cm³/mol. The molecule has 29 heavy (non-hydrogen) atoms. The third kappa shape index (κ3) is 4.72. The van der Waals surface area contributed by atoms with Gasteiger partial charge in [-0.05, 0) is 37.8 Å². The number of aliphatic hydroxyl groups is 1. The summed E-state index contributed by atoms with van der Waals surface area (Å²) in [4.78, 5) is 49.4. The SMILES string of the molecule is C=C(C)C(=O)C[C@@H]1[C@@H](OC(C)=O)[C@H]2C(=C)C(=O)O[C@@H]2C[C@@H](C)/C=C\C(=O)C1(C)O. The largest absolute Gasteiger partial charge is 0.461 e. The first kappa shape index (κ1) is 22.7. The van der Waals surface area contributed by atoms with Gasteiger partial charge in [0.15, 0.2) is 11.6 Å². The van der Waals surface area contributed by atoms with Crippen LogP contribution in [0.5, 0.6) is 0 Å². The molecule has 0 aromatic carbocycles. The van der Waals surface area contributed by atoms with Gasteiger partial charge in [-0.2, -0.15) is 0 Å². The Morgan fingerprint density at radius 3 is 2.52 bits per heavy atom. The van der Waals surface area contributed by atoms with Crippen molar-refractivity contribution < 1.29 is 33.8 Å². The van der Waals surface area contributed by atoms with Crippen molar-refractivity contribution in [2.24, 2.45) is 17.8 Å². The molecular weight excluding hydrogens is 376 g/mol. The highest BCUT2D eigenvalue weighted by Crippen LogP contribution is 2.42. The molecule has 1 unspecified atom stereocenters. The van der Waals surface area contributed by atoms with E-state index in [4.69, 9.17) is 9.47 Å². The fraction of sp³-hybridized carbons (Fsp3) is 0.545. The van der Waals surface area contributed by atoms with Gasteiger partial charge in [0, 0.05) is 24.8 Å². The zero-order valence-electron chi connectivity index (χ0n) is 17.3. The van der Waals surface area contributed by atoms with Crippen molar-refractivity contribution in [1.29, 1.82) is 0 Å². The lowest BCUT2D eigenvalue weighted by atomic mass is 9.70. The Morgan fingerprint density at radius 2 is 1.97 bits per heavy atom. The Labute approximate surface area is 170 Å². The van der Waals surface area contributed by atoms with Crippen LogP contribution in [0.3, 0.4) is 0 Å². The van der Waals surface area contributed by atoms with Crippen LogP contribution >= 0.6 is 0 Å². The van der Waals surface area contributed by atoms with E-state index in [1.807, 2.05) is 6.92 Å². The minimum atomic E-state index is -2.03. The molecule has 1 saturated heterocycles. The molecular formula is C22H28O7. The minimum Gasteiger partial charge on any atom is -0.461 e. The molecule has 0 saturated carbocycles. The second-order valence-corrected chi connectivity index (χ2v) is 8.17. The molecule has 7 heteroatoms. The Balaban J connectivity index is 2.67. The topological polar surface area (TPSA) is 107 Å². The lowest BCUT2D eigenvalue weighted by Crippen LogP contribution is -2.53. The fourth-order valence-electron chi connectivity index (χ4n) is 3.91. The van der Waals surface area contributed by atoms with Crippen molar-refractivity contribution in [3.8, 4) is 0 Å². The van der Waals surface area contributed by atoms with Crippen LogP contribution in [0, 0.1) is 17.8 Å². The summed E-state index contributed by atoms with van der Waals surface area (Å²) in [6, 6.07) is 0. The van der Waals surface area contributed by atoms with E-state index in [9.17, 15) is 24.3 Å². The van der Waals surface area contributed by atoms with E-state index >= 15 is 0 Å². The quantitative estimate of drug-likeness (QED) is 0.565. The number of hydrogen-bond acceptors (Lipinski definition) is 7. The summed E-state index contributed by atoms with van der Waals surface area (Å²) < 4.78 is 11.0. The van der Waals surface area contributed by atoms with Gasteiger partial charge in [-0.3, -0.25) is 14.4 Å². The van der Waals surface area contributed by atoms with Gasteiger partial charge in [0.1, 0.15) is 17.8 Å². The molecule has 0 aromatic heterocycles. The van der Waals surface area contributed by atoms with Crippen LogP contribution in [0.25, 0.3) is 0 Å². The molecule has 2 aliphatic rings. The van der Waals surface area contributed by atoms with E-state index in [1.165, 1.54) is 26.8 Å². The molecule has 0 spiro atoms. The first-order chi connectivity index (χ1) is 13.4. The predicted octanol–water partition coefficient (Wildman–Crippen LogP) is 2.08. The number of allylic oxidation sites excluding steroid dienone is 2. The minimum absolute atomic E-state index is 0.0917. The zero-order valence-corrected chi connectivity index (χ0v) is 17.3. The van der Waals surface area contributed by atoms with Crippen molar-refractivity contribution >= 4 is 23.5 Å². The molecule has 0 aromatic rings. The van der Waals surface area contributed by atoms with Crippen molar-refractivity contribution in [1.82, 2.24) is 0 Å². The van der Waals surface area contributed by atoms with E-state index in [1.54, 1.807) is 6.08 Å². The van der Waals surface area contributed by atoms with Gasteiger partial charge in [-0.15, -0.1) is 0 Å². The number of ether oxygens (including phenoxy) is 2. The van der Waals surface area contributed by atoms with Crippen LogP contribution in [0.2, 0.25) is 0 Å². The van der Waals surface area contributed by atoms with Crippen LogP contribution in [-0.4, -0.2) is 46.4 Å². The number of carbonyl (C=O) groups is 4. The molecule has 7 nitrogen and oxygen atoms in total. The van der Waals surface area contributed by atoms with E-state index in [2.05, 4.69) is 13.2 Å². The lowest BCUT2D eigenvalue weighted by Gasteiger charge is -2.40. The van der Waals surface area contributed by atoms with E-state index in [-0.39, 0.29) is 29.3 Å². The number of Topliss-reactive ketones (excluding diaryl/α,β-unsaturated/α-hetero) is 1. The van der Waals surface area contributed by atoms with Gasteiger partial charge in [-0.1, -0.05) is 26.2 Å². The second-order valence-electron chi connectivity index (χ2n) is 8.17. The van der Waals surface area contributed by atoms with Gasteiger partial charge in [0.2, 0.25) is 0 Å². The number of carbonyl (C=O) groups excluding carboxylic acids is 4. The first-order valence-electron chi connectivity index (χ1n) is 9.57. The van der Waals surface area contributed by atoms with Crippen LogP contribution in [0.15, 0.2) is 36.5 Å². The molecule has 1 aliphatic carbocycles. The highest BCUT2D eigenvalue weighted by molar-refractivity contribution is 5.99. The van der Waals surface area contributed by atoms with Gasteiger partial charge in [0.05, 0.1) is 5.92 Å². The maximum absolute atomic E-state index is 12.8. The number of ketones is 2. The Hall–Kier alpha value is -2.54. The molecule has 0 radical (unpaired) electrons. The zero-order chi connectivity index (χ0) is 22.1. The highest BCUT2D eigenvalue weighted by Gasteiger charge is 2.54. The average Bonchev–Trinajstić information content (AvgIpc) is 2.88. The number of hydrogen-bond donors (Lipinski definition) is 1. The molecule has 1 heterocycles. The summed E-state index contributed by atoms with van der Waals surface area (Å²) >= 11 is 0. The lowest BCUT2D eigenvalue weighted by molar-refractivity contribution is -0.168. The standard InChI is InChI=1S/C22H28O7/c1-11(2)16(24)10-15-20(28-14(5)23)19-13(4)21(26)29-17(19)9-12(3)7-8-18(25)22(15,6)27/h7-8,12,15,17,19-20,27H,1,4,9-10H2,2-3,5-6H3/b8-7-/t12-,15+,17+,19-,20+,22?/m0/s1. The molecule has 6 atom stereocenters. The van der Waals surface area contributed by atoms with E-state index in [0.717, 1.165) is 0 Å². The summed E-state index contributed by atoms with van der Waals surface area (Å²) in [5.74, 6) is -4.35. The Morgan fingerprint density at radius 1 is 1.34 bits per heavy atom. The van der Waals surface area contributed by atoms with Crippen LogP contribution in [-0.2, 0) is 28.7 Å². The van der Waals surface area contributed by atoms with Crippen molar-refractivity contribution in [3.63, 3.8) is 0 Å². The summed E-state index contributed by atoms with van der Waals surface area (Å²) in [5.41, 5.74) is -1.70. The maximum atomic E-state index is 12.8. The molecule has 1 aliphatic heterocycles. The summed E-state index contributed by atoms with van der Waals surface area (Å²) in [6.07, 6.45) is 1.16. The van der Waals surface area contributed by atoms with Gasteiger partial charge in [-0.25, -0.2) is 4.79 Å². The van der Waals surface area contributed by atoms with Gasteiger partial charge >= 0.3 is 11.9 Å². The molecule has 0 bridgehead atoms. The molecule has 1 fully saturated rings. The summed E-state index contributed by atoms with van der Waals surface area (Å²) in [6.45, 7) is 13.2. The fourth-order valence-corrected chi connectivity index (χ4v) is 3.91. The van der Waals surface area contributed by atoms with E-state index < -0.39 is 47.4 Å². The average molecular weight is 404 g/mol. The third-order valence-electron chi connectivity index (χ3n) is 5.66. The maximum Gasteiger partial charge on any atom is 0.334 e. The van der Waals surface area contributed by atoms with Crippen LogP contribution in [0.4, 0.5) is 0 Å². The van der Waals surface area contributed by atoms with E-state index in [0.29, 0.717) is 6.42 Å². The Kier molecular flexibility index (Phi) is 6.63. The normalized spacial score (nSPS) is 36.0. The van der Waals surface area contributed by atoms with Crippen LogP contribution in [0.1, 0.15) is 40.5 Å². The first-order valence-corrected chi connectivity index (χ1v) is 9.57. The second kappa shape index (κ2) is 8.45. The highest BCUT2D eigenvalue weighted by atomic mass is 16.6. The smallest absolute Gasteiger partial charge is 0.334 e. The Bertz CT molecular complexity index is 789.